The Hall–Kier alpha value is -2.46. The van der Waals surface area contributed by atoms with E-state index in [1.54, 1.807) is 34.1 Å². The van der Waals surface area contributed by atoms with Crippen molar-refractivity contribution in [2.24, 2.45) is 5.92 Å². The molecule has 0 N–H and O–H groups in total. The number of aromatic nitrogens is 1. The van der Waals surface area contributed by atoms with Gasteiger partial charge in [0.25, 0.3) is 0 Å². The number of nitrogens with zero attached hydrogens (tertiary/aromatic N) is 3. The van der Waals surface area contributed by atoms with E-state index in [1.165, 1.54) is 17.6 Å². The zero-order valence-corrected chi connectivity index (χ0v) is 20.2. The quantitative estimate of drug-likeness (QED) is 0.565. The molecular formula is C22H29N3O5S2. The van der Waals surface area contributed by atoms with Crippen LogP contribution in [0.4, 0.5) is 4.79 Å². The van der Waals surface area contributed by atoms with E-state index < -0.39 is 9.84 Å². The van der Waals surface area contributed by atoms with Gasteiger partial charge in [-0.1, -0.05) is 12.1 Å². The standard InChI is InChI=1S/C22H29N3O5S2/c1-4-24(5-2)22(27)25-12-6-7-17(13-25)21(26)30-14-18-15-31-20(23-18)16-8-10-19(11-9-16)32(3,28)29/h8-11,15,17H,4-7,12-14H2,1-3H3/t17-/m0/s1. The Labute approximate surface area is 193 Å². The van der Waals surface area contributed by atoms with Crippen molar-refractivity contribution >= 4 is 33.2 Å². The van der Waals surface area contributed by atoms with E-state index >= 15 is 0 Å². The number of likely N-dealkylation sites (tertiary alicyclic amines) is 1. The summed E-state index contributed by atoms with van der Waals surface area (Å²) < 4.78 is 28.7. The maximum absolute atomic E-state index is 12.6. The fourth-order valence-corrected chi connectivity index (χ4v) is 5.09. The number of piperidine rings is 1. The Morgan fingerprint density at radius 1 is 1.22 bits per heavy atom. The number of ether oxygens (including phenoxy) is 1. The van der Waals surface area contributed by atoms with Gasteiger partial charge in [-0.25, -0.2) is 18.2 Å². The van der Waals surface area contributed by atoms with Gasteiger partial charge in [-0.15, -0.1) is 11.3 Å². The molecule has 1 aromatic heterocycles. The van der Waals surface area contributed by atoms with Crippen molar-refractivity contribution < 1.29 is 22.7 Å². The lowest BCUT2D eigenvalue weighted by Gasteiger charge is -2.35. The minimum Gasteiger partial charge on any atom is -0.459 e. The van der Waals surface area contributed by atoms with Gasteiger partial charge in [0.2, 0.25) is 0 Å². The first-order valence-corrected chi connectivity index (χ1v) is 13.4. The van der Waals surface area contributed by atoms with Crippen LogP contribution in [0.2, 0.25) is 0 Å². The molecule has 3 rings (SSSR count). The summed E-state index contributed by atoms with van der Waals surface area (Å²) in [6, 6.07) is 6.52. The van der Waals surface area contributed by atoms with Crippen LogP contribution in [0.1, 0.15) is 32.4 Å². The van der Waals surface area contributed by atoms with Crippen LogP contribution in [-0.4, -0.2) is 67.6 Å². The summed E-state index contributed by atoms with van der Waals surface area (Å²) in [5.41, 5.74) is 1.44. The normalized spacial score (nSPS) is 16.6. The number of esters is 1. The van der Waals surface area contributed by atoms with Gasteiger partial charge >= 0.3 is 12.0 Å². The average Bonchev–Trinajstić information content (AvgIpc) is 3.27. The Morgan fingerprint density at radius 2 is 1.91 bits per heavy atom. The van der Waals surface area contributed by atoms with Crippen LogP contribution in [0.15, 0.2) is 34.5 Å². The highest BCUT2D eigenvalue weighted by molar-refractivity contribution is 7.90. The number of urea groups is 1. The number of amides is 2. The van der Waals surface area contributed by atoms with Gasteiger partial charge in [-0.2, -0.15) is 0 Å². The van der Waals surface area contributed by atoms with Crippen molar-refractivity contribution in [3.05, 3.63) is 35.3 Å². The summed E-state index contributed by atoms with van der Waals surface area (Å²) >= 11 is 1.41. The largest absolute Gasteiger partial charge is 0.459 e. The molecule has 0 radical (unpaired) electrons. The fraction of sp³-hybridized carbons (Fsp3) is 0.500. The number of sulfone groups is 1. The van der Waals surface area contributed by atoms with Gasteiger partial charge in [-0.05, 0) is 38.8 Å². The van der Waals surface area contributed by atoms with Gasteiger partial charge in [-0.3, -0.25) is 4.79 Å². The van der Waals surface area contributed by atoms with Crippen molar-refractivity contribution in [2.75, 3.05) is 32.4 Å². The number of hydrogen-bond acceptors (Lipinski definition) is 7. The number of rotatable bonds is 7. The first-order chi connectivity index (χ1) is 15.2. The first kappa shape index (κ1) is 24.2. The third kappa shape index (κ3) is 5.86. The van der Waals surface area contributed by atoms with E-state index in [-0.39, 0.29) is 29.4 Å². The maximum Gasteiger partial charge on any atom is 0.320 e. The number of hydrogen-bond donors (Lipinski definition) is 0. The summed E-state index contributed by atoms with van der Waals surface area (Å²) in [6.45, 7) is 6.28. The molecule has 10 heteroatoms. The highest BCUT2D eigenvalue weighted by Gasteiger charge is 2.31. The second kappa shape index (κ2) is 10.4. The molecule has 0 bridgehead atoms. The van der Waals surface area contributed by atoms with Gasteiger partial charge < -0.3 is 14.5 Å². The van der Waals surface area contributed by atoms with Crippen molar-refractivity contribution in [3.8, 4) is 10.6 Å². The summed E-state index contributed by atoms with van der Waals surface area (Å²) in [5, 5.41) is 2.55. The second-order valence-electron chi connectivity index (χ2n) is 7.79. The molecule has 1 saturated heterocycles. The number of carbonyl (C=O) groups is 2. The highest BCUT2D eigenvalue weighted by atomic mass is 32.2. The van der Waals surface area contributed by atoms with Crippen molar-refractivity contribution in [2.45, 2.75) is 38.2 Å². The Bertz CT molecular complexity index is 1050. The highest BCUT2D eigenvalue weighted by Crippen LogP contribution is 2.26. The molecule has 0 saturated carbocycles. The molecule has 0 spiro atoms. The smallest absolute Gasteiger partial charge is 0.320 e. The third-order valence-corrected chi connectivity index (χ3v) is 7.57. The molecule has 8 nitrogen and oxygen atoms in total. The lowest BCUT2D eigenvalue weighted by Crippen LogP contribution is -2.48. The van der Waals surface area contributed by atoms with Crippen molar-refractivity contribution in [3.63, 3.8) is 0 Å². The third-order valence-electron chi connectivity index (χ3n) is 5.50. The van der Waals surface area contributed by atoms with E-state index in [0.717, 1.165) is 17.0 Å². The summed E-state index contributed by atoms with van der Waals surface area (Å²) in [6.07, 6.45) is 2.65. The second-order valence-corrected chi connectivity index (χ2v) is 10.7. The zero-order valence-electron chi connectivity index (χ0n) is 18.6. The van der Waals surface area contributed by atoms with Crippen LogP contribution in [0, 0.1) is 5.92 Å². The van der Waals surface area contributed by atoms with Gasteiger partial charge in [0.1, 0.15) is 11.6 Å². The average molecular weight is 480 g/mol. The van der Waals surface area contributed by atoms with E-state index in [4.69, 9.17) is 4.74 Å². The molecule has 2 amide bonds. The molecule has 32 heavy (non-hydrogen) atoms. The van der Waals surface area contributed by atoms with Gasteiger partial charge in [0, 0.05) is 43.4 Å². The molecular weight excluding hydrogens is 450 g/mol. The first-order valence-electron chi connectivity index (χ1n) is 10.7. The molecule has 1 fully saturated rings. The Balaban J connectivity index is 1.56. The summed E-state index contributed by atoms with van der Waals surface area (Å²) in [7, 11) is -3.24. The van der Waals surface area contributed by atoms with Crippen LogP contribution < -0.4 is 0 Å². The lowest BCUT2D eigenvalue weighted by molar-refractivity contribution is -0.151. The number of benzene rings is 1. The molecule has 0 unspecified atom stereocenters. The topological polar surface area (TPSA) is 96.9 Å². The molecule has 174 valence electrons. The van der Waals surface area contributed by atoms with Crippen molar-refractivity contribution in [1.82, 2.24) is 14.8 Å². The zero-order chi connectivity index (χ0) is 23.3. The molecule has 1 aromatic carbocycles. The summed E-state index contributed by atoms with van der Waals surface area (Å²) in [5.74, 6) is -0.640. The predicted molar refractivity (Wildman–Crippen MR) is 123 cm³/mol. The molecule has 2 heterocycles. The van der Waals surface area contributed by atoms with Crippen LogP contribution in [0.3, 0.4) is 0 Å². The van der Waals surface area contributed by atoms with E-state index in [1.807, 2.05) is 19.2 Å². The molecule has 1 aliphatic heterocycles. The number of thiazole rings is 1. The molecule has 2 aromatic rings. The van der Waals surface area contributed by atoms with Gasteiger partial charge in [0.15, 0.2) is 9.84 Å². The van der Waals surface area contributed by atoms with Crippen LogP contribution >= 0.6 is 11.3 Å². The Morgan fingerprint density at radius 3 is 2.53 bits per heavy atom. The van der Waals surface area contributed by atoms with E-state index in [9.17, 15) is 18.0 Å². The van der Waals surface area contributed by atoms with Crippen LogP contribution in [0.25, 0.3) is 10.6 Å². The Kier molecular flexibility index (Phi) is 7.89. The minimum atomic E-state index is -3.24. The van der Waals surface area contributed by atoms with Crippen LogP contribution in [0.5, 0.6) is 0 Å². The van der Waals surface area contributed by atoms with Crippen molar-refractivity contribution in [1.29, 1.82) is 0 Å². The van der Waals surface area contributed by atoms with Crippen LogP contribution in [-0.2, 0) is 26.0 Å². The number of carbonyl (C=O) groups excluding carboxylic acids is 2. The SMILES string of the molecule is CCN(CC)C(=O)N1CCC[C@H](C(=O)OCc2csc(-c3ccc(S(C)(=O)=O)cc3)n2)C1. The molecule has 0 aliphatic carbocycles. The monoisotopic (exact) mass is 479 g/mol. The van der Waals surface area contributed by atoms with E-state index in [0.29, 0.717) is 38.3 Å². The minimum absolute atomic E-state index is 0.0291. The molecule has 1 atom stereocenters. The van der Waals surface area contributed by atoms with Gasteiger partial charge in [0.05, 0.1) is 16.5 Å². The van der Waals surface area contributed by atoms with E-state index in [2.05, 4.69) is 4.98 Å². The summed E-state index contributed by atoms with van der Waals surface area (Å²) in [4.78, 5) is 33.4. The maximum atomic E-state index is 12.6. The molecule has 1 aliphatic rings. The predicted octanol–water partition coefficient (Wildman–Crippen LogP) is 3.43. The lowest BCUT2D eigenvalue weighted by atomic mass is 9.98. The fourth-order valence-electron chi connectivity index (χ4n) is 3.65.